The number of alkyl halides is 6. The molecule has 3 aliphatic rings. The maximum atomic E-state index is 14.2. The third-order valence-corrected chi connectivity index (χ3v) is 9.52. The average Bonchev–Trinajstić information content (AvgIpc) is 2.94. The van der Waals surface area contributed by atoms with Crippen molar-refractivity contribution in [1.82, 2.24) is 9.80 Å². The number of fused-ring (bicyclic) bond motifs is 3. The van der Waals surface area contributed by atoms with Crippen LogP contribution in [0.25, 0.3) is 0 Å². The van der Waals surface area contributed by atoms with Gasteiger partial charge in [0, 0.05) is 56.2 Å². The van der Waals surface area contributed by atoms with E-state index in [1.807, 2.05) is 0 Å². The number of anilines is 1. The van der Waals surface area contributed by atoms with Crippen molar-refractivity contribution >= 4 is 23.2 Å². The van der Waals surface area contributed by atoms with Crippen LogP contribution in [-0.4, -0.2) is 113 Å². The van der Waals surface area contributed by atoms with Gasteiger partial charge in [-0.25, -0.2) is 0 Å². The Kier molecular flexibility index (Phi) is 10.4. The maximum Gasteiger partial charge on any atom is 0.389 e. The molecule has 1 aromatic carbocycles. The fourth-order valence-corrected chi connectivity index (χ4v) is 7.39. The average molecular weight is 707 g/mol. The first-order valence-electron chi connectivity index (χ1n) is 15.6. The number of amides is 1. The third-order valence-electron chi connectivity index (χ3n) is 9.52. The standard InChI is InChI=1S/C32H40F6N4O7/c1-40(2)19-13-16(14-42(9-5-7-30(33,34)35)10-6-8-31(36,37)38)24(43)21-17(19)11-15-12-18-23(41(3)4)26(45)22(29(39)48)28(47)32(18,49)27(46)20(15)25(21)44/h13,15,18,23,43,45-46,49H,5-12,14H2,1-4H3,(H2,39,48)/t15-,18-,23-,32-/m0/s1. The van der Waals surface area contributed by atoms with Crippen LogP contribution < -0.4 is 10.6 Å². The Bertz CT molecular complexity index is 1570. The van der Waals surface area contributed by atoms with Gasteiger partial charge >= 0.3 is 12.4 Å². The van der Waals surface area contributed by atoms with Gasteiger partial charge in [0.25, 0.3) is 5.91 Å². The summed E-state index contributed by atoms with van der Waals surface area (Å²) < 4.78 is 77.3. The lowest BCUT2D eigenvalue weighted by Crippen LogP contribution is -2.63. The molecule has 272 valence electrons. The molecule has 4 rings (SSSR count). The van der Waals surface area contributed by atoms with Crippen molar-refractivity contribution in [2.75, 3.05) is 46.2 Å². The summed E-state index contributed by atoms with van der Waals surface area (Å²) in [5.41, 5.74) is 1.59. The van der Waals surface area contributed by atoms with Gasteiger partial charge in [0.2, 0.25) is 5.78 Å². The number of phenols is 1. The minimum absolute atomic E-state index is 0.00320. The van der Waals surface area contributed by atoms with Crippen LogP contribution in [-0.2, 0) is 22.6 Å². The number of phenolic OH excluding ortho intramolecular Hbond substituents is 1. The topological polar surface area (TPSA) is 168 Å². The van der Waals surface area contributed by atoms with Crippen LogP contribution >= 0.6 is 0 Å². The first-order chi connectivity index (χ1) is 22.5. The molecule has 0 fully saturated rings. The summed E-state index contributed by atoms with van der Waals surface area (Å²) in [6, 6.07) is 0.325. The van der Waals surface area contributed by atoms with Crippen molar-refractivity contribution < 1.29 is 61.2 Å². The second-order valence-electron chi connectivity index (χ2n) is 13.3. The van der Waals surface area contributed by atoms with Crippen LogP contribution in [0.5, 0.6) is 5.75 Å². The highest BCUT2D eigenvalue weighted by Gasteiger charge is 2.63. The van der Waals surface area contributed by atoms with Gasteiger partial charge in [0.05, 0.1) is 11.6 Å². The highest BCUT2D eigenvalue weighted by molar-refractivity contribution is 6.25. The zero-order valence-corrected chi connectivity index (χ0v) is 27.4. The lowest BCUT2D eigenvalue weighted by Gasteiger charge is -2.50. The van der Waals surface area contributed by atoms with Gasteiger partial charge in [-0.05, 0) is 70.4 Å². The number of carbonyl (C=O) groups is 3. The Balaban J connectivity index is 1.81. The van der Waals surface area contributed by atoms with Gasteiger partial charge in [0.1, 0.15) is 22.8 Å². The van der Waals surface area contributed by atoms with Crippen molar-refractivity contribution in [3.63, 3.8) is 0 Å². The molecular weight excluding hydrogens is 666 g/mol. The number of halogens is 6. The fourth-order valence-electron chi connectivity index (χ4n) is 7.39. The first-order valence-corrected chi connectivity index (χ1v) is 15.6. The summed E-state index contributed by atoms with van der Waals surface area (Å²) in [5, 5.41) is 45.8. The lowest BCUT2D eigenvalue weighted by atomic mass is 9.58. The van der Waals surface area contributed by atoms with Crippen LogP contribution in [0.2, 0.25) is 0 Å². The number of allylic oxidation sites excluding steroid dienone is 1. The second kappa shape index (κ2) is 13.5. The quantitative estimate of drug-likeness (QED) is 0.169. The molecule has 1 amide bonds. The summed E-state index contributed by atoms with van der Waals surface area (Å²) >= 11 is 0. The van der Waals surface area contributed by atoms with Crippen LogP contribution in [0.1, 0.15) is 53.6 Å². The van der Waals surface area contributed by atoms with Gasteiger partial charge in [-0.2, -0.15) is 26.3 Å². The number of benzene rings is 1. The number of nitrogens with zero attached hydrogens (tertiary/aromatic N) is 3. The van der Waals surface area contributed by atoms with E-state index in [9.17, 15) is 61.2 Å². The fraction of sp³-hybridized carbons (Fsp3) is 0.594. The molecule has 0 aliphatic heterocycles. The van der Waals surface area contributed by atoms with Crippen molar-refractivity contribution in [3.8, 4) is 5.75 Å². The number of rotatable bonds is 11. The third kappa shape index (κ3) is 7.24. The monoisotopic (exact) mass is 706 g/mol. The molecule has 6 N–H and O–H groups in total. The molecule has 17 heteroatoms. The summed E-state index contributed by atoms with van der Waals surface area (Å²) in [5.74, 6) is -8.18. The molecule has 0 bridgehead atoms. The second-order valence-corrected chi connectivity index (χ2v) is 13.3. The van der Waals surface area contributed by atoms with E-state index in [2.05, 4.69) is 0 Å². The first kappa shape index (κ1) is 38.0. The summed E-state index contributed by atoms with van der Waals surface area (Å²) in [4.78, 5) is 44.3. The number of carbonyl (C=O) groups excluding carboxylic acids is 3. The number of Topliss-reactive ketones (excluding diaryl/α,β-unsaturated/α-hetero) is 2. The van der Waals surface area contributed by atoms with Crippen molar-refractivity contribution in [1.29, 1.82) is 0 Å². The number of primary amides is 1. The molecule has 0 saturated heterocycles. The molecule has 11 nitrogen and oxygen atoms in total. The largest absolute Gasteiger partial charge is 0.510 e. The smallest absolute Gasteiger partial charge is 0.389 e. The van der Waals surface area contributed by atoms with E-state index in [1.54, 1.807) is 19.0 Å². The molecule has 0 unspecified atom stereocenters. The van der Waals surface area contributed by atoms with E-state index in [4.69, 9.17) is 5.73 Å². The number of hydrogen-bond donors (Lipinski definition) is 5. The molecule has 49 heavy (non-hydrogen) atoms. The molecule has 0 radical (unpaired) electrons. The normalized spacial score (nSPS) is 24.4. The van der Waals surface area contributed by atoms with Gasteiger partial charge in [-0.15, -0.1) is 0 Å². The lowest BCUT2D eigenvalue weighted by molar-refractivity contribution is -0.148. The summed E-state index contributed by atoms with van der Waals surface area (Å²) in [7, 11) is 6.27. The Morgan fingerprint density at radius 3 is 2.00 bits per heavy atom. The van der Waals surface area contributed by atoms with Crippen LogP contribution in [0, 0.1) is 11.8 Å². The van der Waals surface area contributed by atoms with E-state index in [0.717, 1.165) is 0 Å². The zero-order valence-electron chi connectivity index (χ0n) is 27.4. The van der Waals surface area contributed by atoms with Gasteiger partial charge in [-0.1, -0.05) is 0 Å². The van der Waals surface area contributed by atoms with E-state index >= 15 is 0 Å². The number of ketones is 2. The molecule has 0 aromatic heterocycles. The minimum atomic E-state index is -4.50. The predicted molar refractivity (Wildman–Crippen MR) is 164 cm³/mol. The Hall–Kier alpha value is -3.83. The molecule has 0 spiro atoms. The zero-order chi connectivity index (χ0) is 37.0. The minimum Gasteiger partial charge on any atom is -0.510 e. The van der Waals surface area contributed by atoms with E-state index < -0.39 is 107 Å². The maximum absolute atomic E-state index is 14.2. The highest BCUT2D eigenvalue weighted by atomic mass is 19.4. The van der Waals surface area contributed by atoms with Crippen molar-refractivity contribution in [2.45, 2.75) is 69.1 Å². The molecule has 3 aliphatic carbocycles. The molecule has 1 aromatic rings. The highest BCUT2D eigenvalue weighted by Crippen LogP contribution is 2.53. The number of aliphatic hydroxyl groups excluding tert-OH is 2. The SMILES string of the molecule is CN(C)c1cc(CN(CCCC(F)(F)F)CCCC(F)(F)F)c(O)c2c1C[C@H]1C[C@H]3[C@H](N(C)C)C(O)=C(C(N)=O)C(=O)[C@@]3(O)C(O)=C1C2=O. The number of likely N-dealkylation sites (N-methyl/N-ethyl adjacent to an activating group) is 1. The van der Waals surface area contributed by atoms with Gasteiger partial charge in [-0.3, -0.25) is 24.2 Å². The Morgan fingerprint density at radius 1 is 0.980 bits per heavy atom. The summed E-state index contributed by atoms with van der Waals surface area (Å²) in [6.45, 7) is -0.850. The van der Waals surface area contributed by atoms with E-state index in [-0.39, 0.29) is 43.6 Å². The molecule has 0 saturated carbocycles. The Morgan fingerprint density at radius 2 is 1.53 bits per heavy atom. The van der Waals surface area contributed by atoms with Gasteiger partial charge < -0.3 is 31.1 Å². The van der Waals surface area contributed by atoms with E-state index in [0.29, 0.717) is 11.3 Å². The van der Waals surface area contributed by atoms with Gasteiger partial charge in [0.15, 0.2) is 11.4 Å². The van der Waals surface area contributed by atoms with Crippen LogP contribution in [0.4, 0.5) is 32.0 Å². The van der Waals surface area contributed by atoms with Crippen molar-refractivity contribution in [3.05, 3.63) is 45.4 Å². The number of aliphatic hydroxyl groups is 3. The van der Waals surface area contributed by atoms with E-state index in [1.165, 1.54) is 30.0 Å². The van der Waals surface area contributed by atoms with Crippen LogP contribution in [0.15, 0.2) is 28.7 Å². The van der Waals surface area contributed by atoms with Crippen molar-refractivity contribution in [2.24, 2.45) is 17.6 Å². The number of aromatic hydroxyl groups is 1. The number of nitrogens with two attached hydrogens (primary N) is 1. The summed E-state index contributed by atoms with van der Waals surface area (Å²) in [6.07, 6.45) is -12.4. The van der Waals surface area contributed by atoms with Crippen LogP contribution in [0.3, 0.4) is 0 Å². The Labute approximate surface area is 278 Å². The predicted octanol–water partition coefficient (Wildman–Crippen LogP) is 3.67. The molecular formula is C32H40F6N4O7. The number of hydrogen-bond acceptors (Lipinski definition) is 10. The molecule has 4 atom stereocenters. The molecule has 0 heterocycles.